The Bertz CT molecular complexity index is 729. The highest BCUT2D eigenvalue weighted by atomic mass is 35.5. The number of halogens is 3. The summed E-state index contributed by atoms with van der Waals surface area (Å²) in [5, 5.41) is 2.91. The quantitative estimate of drug-likeness (QED) is 0.593. The predicted octanol–water partition coefficient (Wildman–Crippen LogP) is 5.45. The van der Waals surface area contributed by atoms with Crippen molar-refractivity contribution < 1.29 is 0 Å². The van der Waals surface area contributed by atoms with Crippen molar-refractivity contribution in [2.75, 3.05) is 0 Å². The molecule has 4 heteroatoms. The lowest BCUT2D eigenvalue weighted by Gasteiger charge is -2.07. The van der Waals surface area contributed by atoms with E-state index in [1.54, 1.807) is 0 Å². The van der Waals surface area contributed by atoms with Crippen LogP contribution in [0, 0.1) is 6.07 Å². The fourth-order valence-electron chi connectivity index (χ4n) is 2.06. The number of aromatic nitrogens is 1. The van der Waals surface area contributed by atoms with E-state index in [1.165, 1.54) is 0 Å². The first-order valence-electron chi connectivity index (χ1n) is 5.74. The van der Waals surface area contributed by atoms with Crippen LogP contribution in [0.3, 0.4) is 0 Å². The summed E-state index contributed by atoms with van der Waals surface area (Å²) in [4.78, 5) is 0. The fourth-order valence-corrected chi connectivity index (χ4v) is 2.61. The molecule has 3 rings (SSSR count). The molecule has 0 saturated carbocycles. The molecule has 1 radical (unpaired) electrons. The number of hydrogen-bond donors (Lipinski definition) is 0. The molecule has 19 heavy (non-hydrogen) atoms. The normalized spacial score (nSPS) is 11.1. The molecular formula is C15H9Cl3N. The van der Waals surface area contributed by atoms with Crippen LogP contribution in [0.2, 0.25) is 15.2 Å². The fraction of sp³-hybridized carbons (Fsp3) is 0.0667. The van der Waals surface area contributed by atoms with Gasteiger partial charge in [0.25, 0.3) is 0 Å². The summed E-state index contributed by atoms with van der Waals surface area (Å²) < 4.78 is 2.00. The first kappa shape index (κ1) is 12.9. The van der Waals surface area contributed by atoms with E-state index in [1.807, 2.05) is 47.0 Å². The maximum atomic E-state index is 6.24. The van der Waals surface area contributed by atoms with E-state index in [9.17, 15) is 0 Å². The number of rotatable bonds is 2. The van der Waals surface area contributed by atoms with Gasteiger partial charge in [-0.1, -0.05) is 46.9 Å². The van der Waals surface area contributed by atoms with Crippen LogP contribution in [0.1, 0.15) is 5.56 Å². The maximum Gasteiger partial charge on any atom is 0.118 e. The van der Waals surface area contributed by atoms with Gasteiger partial charge < -0.3 is 4.57 Å². The average Bonchev–Trinajstić information content (AvgIpc) is 2.68. The molecule has 3 aromatic rings. The van der Waals surface area contributed by atoms with Gasteiger partial charge in [-0.15, -0.1) is 0 Å². The number of fused-ring (bicyclic) bond motifs is 1. The Morgan fingerprint density at radius 3 is 2.32 bits per heavy atom. The zero-order valence-corrected chi connectivity index (χ0v) is 12.1. The van der Waals surface area contributed by atoms with E-state index in [-0.39, 0.29) is 0 Å². The minimum Gasteiger partial charge on any atom is -0.327 e. The zero-order valence-electron chi connectivity index (χ0n) is 9.83. The Morgan fingerprint density at radius 1 is 0.895 bits per heavy atom. The number of benzene rings is 2. The summed E-state index contributed by atoms with van der Waals surface area (Å²) in [5.41, 5.74) is 2.15. The largest absolute Gasteiger partial charge is 0.327 e. The lowest BCUT2D eigenvalue weighted by molar-refractivity contribution is 0.837. The third kappa shape index (κ3) is 2.59. The second-order valence-corrected chi connectivity index (χ2v) is 5.52. The van der Waals surface area contributed by atoms with Crippen molar-refractivity contribution in [1.82, 2.24) is 4.57 Å². The van der Waals surface area contributed by atoms with Gasteiger partial charge in [-0.2, -0.15) is 0 Å². The molecular weight excluding hydrogens is 301 g/mol. The highest BCUT2D eigenvalue weighted by Crippen LogP contribution is 2.26. The van der Waals surface area contributed by atoms with Gasteiger partial charge >= 0.3 is 0 Å². The van der Waals surface area contributed by atoms with E-state index < -0.39 is 0 Å². The van der Waals surface area contributed by atoms with Crippen molar-refractivity contribution in [3.8, 4) is 0 Å². The second kappa shape index (κ2) is 5.09. The molecule has 0 N–H and O–H groups in total. The molecule has 1 nitrogen and oxygen atoms in total. The van der Waals surface area contributed by atoms with Crippen LogP contribution < -0.4 is 0 Å². The van der Waals surface area contributed by atoms with Gasteiger partial charge in [0, 0.05) is 28.0 Å². The molecule has 0 spiro atoms. The van der Waals surface area contributed by atoms with Gasteiger partial charge in [0.05, 0.1) is 5.52 Å². The zero-order chi connectivity index (χ0) is 13.4. The number of hydrogen-bond acceptors (Lipinski definition) is 0. The SMILES string of the molecule is Clc1ccc(Cn2c(Cl)[c]c3cc(Cl)ccc32)cc1. The van der Waals surface area contributed by atoms with Crippen LogP contribution in [0.15, 0.2) is 42.5 Å². The summed E-state index contributed by atoms with van der Waals surface area (Å²) in [5.74, 6) is 0. The topological polar surface area (TPSA) is 4.93 Å². The van der Waals surface area contributed by atoms with E-state index >= 15 is 0 Å². The van der Waals surface area contributed by atoms with E-state index in [4.69, 9.17) is 34.8 Å². The predicted molar refractivity (Wildman–Crippen MR) is 81.3 cm³/mol. The molecule has 0 aliphatic heterocycles. The van der Waals surface area contributed by atoms with E-state index in [2.05, 4.69) is 6.07 Å². The van der Waals surface area contributed by atoms with Gasteiger partial charge in [-0.25, -0.2) is 0 Å². The summed E-state index contributed by atoms with van der Waals surface area (Å²) >= 11 is 18.1. The molecule has 0 amide bonds. The Labute approximate surface area is 126 Å². The second-order valence-electron chi connectivity index (χ2n) is 4.29. The molecule has 0 aliphatic rings. The minimum atomic E-state index is 0.576. The highest BCUT2D eigenvalue weighted by Gasteiger charge is 2.08. The smallest absolute Gasteiger partial charge is 0.118 e. The van der Waals surface area contributed by atoms with Crippen molar-refractivity contribution in [1.29, 1.82) is 0 Å². The molecule has 95 valence electrons. The molecule has 2 aromatic carbocycles. The number of nitrogens with zero attached hydrogens (tertiary/aromatic N) is 1. The molecule has 0 bridgehead atoms. The molecule has 0 unspecified atom stereocenters. The van der Waals surface area contributed by atoms with Crippen LogP contribution in [-0.2, 0) is 6.54 Å². The van der Waals surface area contributed by atoms with Crippen LogP contribution in [0.5, 0.6) is 0 Å². The van der Waals surface area contributed by atoms with Crippen LogP contribution in [0.25, 0.3) is 10.9 Å². The lowest BCUT2D eigenvalue weighted by Crippen LogP contribution is -1.99. The maximum absolute atomic E-state index is 6.24. The molecule has 1 heterocycles. The summed E-state index contributed by atoms with van der Waals surface area (Å²) in [7, 11) is 0. The van der Waals surface area contributed by atoms with Crippen molar-refractivity contribution >= 4 is 45.7 Å². The minimum absolute atomic E-state index is 0.576. The summed E-state index contributed by atoms with van der Waals surface area (Å²) in [6.07, 6.45) is 0. The summed E-state index contributed by atoms with van der Waals surface area (Å²) in [6, 6.07) is 16.5. The van der Waals surface area contributed by atoms with Gasteiger partial charge in [-0.3, -0.25) is 0 Å². The van der Waals surface area contributed by atoms with Crippen molar-refractivity contribution in [2.45, 2.75) is 6.54 Å². The van der Waals surface area contributed by atoms with Crippen molar-refractivity contribution in [3.63, 3.8) is 0 Å². The van der Waals surface area contributed by atoms with E-state index in [0.717, 1.165) is 21.5 Å². The standard InChI is InChI=1S/C15H9Cl3N/c16-12-3-1-10(2-4-12)9-19-14-6-5-13(17)7-11(14)8-15(19)18/h1-7H,9H2. The lowest BCUT2D eigenvalue weighted by atomic mass is 10.2. The Hall–Kier alpha value is -1.15. The van der Waals surface area contributed by atoms with Crippen molar-refractivity contribution in [3.05, 3.63) is 69.3 Å². The third-order valence-electron chi connectivity index (χ3n) is 2.98. The Balaban J connectivity index is 2.05. The molecule has 0 atom stereocenters. The monoisotopic (exact) mass is 308 g/mol. The van der Waals surface area contributed by atoms with Gasteiger partial charge in [-0.05, 0) is 35.9 Å². The first-order valence-corrected chi connectivity index (χ1v) is 6.88. The van der Waals surface area contributed by atoms with Gasteiger partial charge in [0.2, 0.25) is 0 Å². The van der Waals surface area contributed by atoms with Crippen molar-refractivity contribution in [2.24, 2.45) is 0 Å². The average molecular weight is 310 g/mol. The van der Waals surface area contributed by atoms with Gasteiger partial charge in [0.1, 0.15) is 5.15 Å². The molecule has 0 aliphatic carbocycles. The summed E-state index contributed by atoms with van der Waals surface area (Å²) in [6.45, 7) is 0.678. The molecule has 0 saturated heterocycles. The van der Waals surface area contributed by atoms with Crippen LogP contribution in [-0.4, -0.2) is 4.57 Å². The van der Waals surface area contributed by atoms with Crippen LogP contribution in [0.4, 0.5) is 0 Å². The molecule has 1 aromatic heterocycles. The van der Waals surface area contributed by atoms with E-state index in [0.29, 0.717) is 16.7 Å². The molecule has 0 fully saturated rings. The Kier molecular flexibility index (Phi) is 3.44. The van der Waals surface area contributed by atoms with Crippen LogP contribution >= 0.6 is 34.8 Å². The highest BCUT2D eigenvalue weighted by molar-refractivity contribution is 6.32. The van der Waals surface area contributed by atoms with Gasteiger partial charge in [0.15, 0.2) is 0 Å². The first-order chi connectivity index (χ1) is 9.13. The Morgan fingerprint density at radius 2 is 1.58 bits per heavy atom. The third-order valence-corrected chi connectivity index (χ3v) is 3.76.